The first-order chi connectivity index (χ1) is 7.65. The Bertz CT molecular complexity index is 358. The largest absolute Gasteiger partial charge is 0.313 e. The Morgan fingerprint density at radius 1 is 1.38 bits per heavy atom. The van der Waals surface area contributed by atoms with Crippen molar-refractivity contribution in [3.8, 4) is 0 Å². The maximum absolute atomic E-state index is 3.59. The molecule has 0 aromatic heterocycles. The lowest BCUT2D eigenvalue weighted by Crippen LogP contribution is -2.44. The van der Waals surface area contributed by atoms with Crippen LogP contribution < -0.4 is 10.6 Å². The van der Waals surface area contributed by atoms with Crippen LogP contribution in [0, 0.1) is 6.92 Å². The fourth-order valence-corrected chi connectivity index (χ4v) is 2.23. The van der Waals surface area contributed by atoms with Crippen LogP contribution in [-0.2, 0) is 13.0 Å². The van der Waals surface area contributed by atoms with Gasteiger partial charge in [-0.1, -0.05) is 37.6 Å². The normalized spacial score (nSPS) is 19.9. The van der Waals surface area contributed by atoms with Gasteiger partial charge in [-0.2, -0.15) is 0 Å². The van der Waals surface area contributed by atoms with E-state index in [-0.39, 0.29) is 0 Å². The highest BCUT2D eigenvalue weighted by Gasteiger charge is 2.17. The summed E-state index contributed by atoms with van der Waals surface area (Å²) >= 11 is 0. The lowest BCUT2D eigenvalue weighted by molar-refractivity contribution is 0.430. The van der Waals surface area contributed by atoms with Crippen molar-refractivity contribution in [3.05, 3.63) is 34.9 Å². The van der Waals surface area contributed by atoms with Gasteiger partial charge in [-0.25, -0.2) is 0 Å². The number of fused-ring (bicyclic) bond motifs is 1. The molecule has 0 saturated heterocycles. The molecular weight excluding hydrogens is 196 g/mol. The van der Waals surface area contributed by atoms with Crippen molar-refractivity contribution in [3.63, 3.8) is 0 Å². The molecule has 1 aliphatic heterocycles. The van der Waals surface area contributed by atoms with Gasteiger partial charge in [0, 0.05) is 25.2 Å². The smallest absolute Gasteiger partial charge is 0.0236 e. The van der Waals surface area contributed by atoms with E-state index in [1.54, 1.807) is 0 Å². The molecule has 0 spiro atoms. The topological polar surface area (TPSA) is 24.1 Å². The third-order valence-electron chi connectivity index (χ3n) is 3.18. The van der Waals surface area contributed by atoms with Crippen LogP contribution in [0.2, 0.25) is 0 Å². The van der Waals surface area contributed by atoms with E-state index in [0.29, 0.717) is 12.1 Å². The average molecular weight is 218 g/mol. The van der Waals surface area contributed by atoms with E-state index < -0.39 is 0 Å². The summed E-state index contributed by atoms with van der Waals surface area (Å²) in [5.41, 5.74) is 4.36. The first kappa shape index (κ1) is 11.6. The van der Waals surface area contributed by atoms with Crippen molar-refractivity contribution in [2.75, 3.05) is 6.54 Å². The molecule has 0 fully saturated rings. The number of hydrogen-bond donors (Lipinski definition) is 2. The van der Waals surface area contributed by atoms with Crippen molar-refractivity contribution in [1.82, 2.24) is 10.6 Å². The van der Waals surface area contributed by atoms with Gasteiger partial charge in [0.05, 0.1) is 0 Å². The second-order valence-corrected chi connectivity index (χ2v) is 5.12. The number of aryl methyl sites for hydroxylation is 1. The fraction of sp³-hybridized carbons (Fsp3) is 0.571. The summed E-state index contributed by atoms with van der Waals surface area (Å²) in [7, 11) is 0. The molecule has 0 saturated carbocycles. The number of hydrogen-bond acceptors (Lipinski definition) is 2. The van der Waals surface area contributed by atoms with E-state index >= 15 is 0 Å². The molecule has 1 aromatic rings. The van der Waals surface area contributed by atoms with Crippen molar-refractivity contribution in [2.24, 2.45) is 0 Å². The van der Waals surface area contributed by atoms with Gasteiger partial charge in [0.2, 0.25) is 0 Å². The lowest BCUT2D eigenvalue weighted by atomic mass is 9.94. The van der Waals surface area contributed by atoms with Crippen molar-refractivity contribution in [1.29, 1.82) is 0 Å². The maximum Gasteiger partial charge on any atom is 0.0236 e. The maximum atomic E-state index is 3.59. The molecule has 16 heavy (non-hydrogen) atoms. The second kappa shape index (κ2) is 4.98. The molecule has 2 rings (SSSR count). The number of benzene rings is 1. The standard InChI is InChI=1S/C14H22N2/c1-10(2)15-9-14-7-13-6-11(3)4-5-12(13)8-16-14/h4-6,10,14-16H,7-9H2,1-3H3. The zero-order chi connectivity index (χ0) is 11.5. The molecule has 1 aromatic carbocycles. The van der Waals surface area contributed by atoms with Gasteiger partial charge >= 0.3 is 0 Å². The monoisotopic (exact) mass is 218 g/mol. The predicted octanol–water partition coefficient (Wildman–Crippen LogP) is 2.01. The van der Waals surface area contributed by atoms with Crippen LogP contribution in [0.4, 0.5) is 0 Å². The molecule has 2 heteroatoms. The van der Waals surface area contributed by atoms with Gasteiger partial charge in [-0.3, -0.25) is 0 Å². The minimum Gasteiger partial charge on any atom is -0.313 e. The Hall–Kier alpha value is -0.860. The lowest BCUT2D eigenvalue weighted by Gasteiger charge is -2.27. The van der Waals surface area contributed by atoms with Crippen LogP contribution in [0.1, 0.15) is 30.5 Å². The zero-order valence-corrected chi connectivity index (χ0v) is 10.5. The van der Waals surface area contributed by atoms with E-state index in [2.05, 4.69) is 49.6 Å². The Morgan fingerprint density at radius 3 is 2.94 bits per heavy atom. The van der Waals surface area contributed by atoms with E-state index in [4.69, 9.17) is 0 Å². The highest BCUT2D eigenvalue weighted by Crippen LogP contribution is 2.18. The average Bonchev–Trinajstić information content (AvgIpc) is 2.25. The first-order valence-electron chi connectivity index (χ1n) is 6.20. The van der Waals surface area contributed by atoms with Gasteiger partial charge in [0.1, 0.15) is 0 Å². The van der Waals surface area contributed by atoms with Gasteiger partial charge in [0.15, 0.2) is 0 Å². The highest BCUT2D eigenvalue weighted by molar-refractivity contribution is 5.33. The summed E-state index contributed by atoms with van der Waals surface area (Å²) in [6.07, 6.45) is 1.15. The molecule has 1 heterocycles. The highest BCUT2D eigenvalue weighted by atomic mass is 15.0. The molecule has 0 radical (unpaired) electrons. The summed E-state index contributed by atoms with van der Waals surface area (Å²) in [5.74, 6) is 0. The molecule has 1 aliphatic rings. The van der Waals surface area contributed by atoms with E-state index in [1.807, 2.05) is 0 Å². The zero-order valence-electron chi connectivity index (χ0n) is 10.5. The van der Waals surface area contributed by atoms with Crippen LogP contribution in [-0.4, -0.2) is 18.6 Å². The van der Waals surface area contributed by atoms with Crippen molar-refractivity contribution < 1.29 is 0 Å². The molecule has 0 amide bonds. The van der Waals surface area contributed by atoms with Gasteiger partial charge in [-0.15, -0.1) is 0 Å². The van der Waals surface area contributed by atoms with Crippen molar-refractivity contribution >= 4 is 0 Å². The number of rotatable bonds is 3. The molecule has 0 aliphatic carbocycles. The SMILES string of the molecule is Cc1ccc2c(c1)CC(CNC(C)C)NC2. The minimum absolute atomic E-state index is 0.570. The molecular formula is C14H22N2. The van der Waals surface area contributed by atoms with Crippen LogP contribution in [0.3, 0.4) is 0 Å². The summed E-state index contributed by atoms with van der Waals surface area (Å²) in [6.45, 7) is 8.64. The minimum atomic E-state index is 0.570. The number of nitrogens with one attached hydrogen (secondary N) is 2. The molecule has 88 valence electrons. The van der Waals surface area contributed by atoms with Crippen LogP contribution in [0.5, 0.6) is 0 Å². The fourth-order valence-electron chi connectivity index (χ4n) is 2.23. The third kappa shape index (κ3) is 2.83. The molecule has 2 nitrogen and oxygen atoms in total. The Labute approximate surface area is 98.4 Å². The van der Waals surface area contributed by atoms with Crippen molar-refractivity contribution in [2.45, 2.75) is 45.8 Å². The van der Waals surface area contributed by atoms with E-state index in [1.165, 1.54) is 16.7 Å². The van der Waals surface area contributed by atoms with Gasteiger partial charge < -0.3 is 10.6 Å². The Balaban J connectivity index is 1.99. The van der Waals surface area contributed by atoms with Crippen LogP contribution in [0.25, 0.3) is 0 Å². The van der Waals surface area contributed by atoms with E-state index in [9.17, 15) is 0 Å². The Kier molecular flexibility index (Phi) is 3.62. The molecule has 2 N–H and O–H groups in total. The van der Waals surface area contributed by atoms with Gasteiger partial charge in [-0.05, 0) is 24.5 Å². The van der Waals surface area contributed by atoms with Crippen LogP contribution in [0.15, 0.2) is 18.2 Å². The molecule has 0 bridgehead atoms. The molecule has 1 atom stereocenters. The summed E-state index contributed by atoms with van der Waals surface area (Å²) in [5, 5.41) is 7.09. The summed E-state index contributed by atoms with van der Waals surface area (Å²) in [4.78, 5) is 0. The second-order valence-electron chi connectivity index (χ2n) is 5.12. The quantitative estimate of drug-likeness (QED) is 0.811. The molecule has 1 unspecified atom stereocenters. The van der Waals surface area contributed by atoms with E-state index in [0.717, 1.165) is 19.5 Å². The summed E-state index contributed by atoms with van der Waals surface area (Å²) in [6, 6.07) is 7.94. The van der Waals surface area contributed by atoms with Crippen LogP contribution >= 0.6 is 0 Å². The predicted molar refractivity (Wildman–Crippen MR) is 68.6 cm³/mol. The summed E-state index contributed by atoms with van der Waals surface area (Å²) < 4.78 is 0. The first-order valence-corrected chi connectivity index (χ1v) is 6.20. The van der Waals surface area contributed by atoms with Gasteiger partial charge in [0.25, 0.3) is 0 Å². The third-order valence-corrected chi connectivity index (χ3v) is 3.18. The Morgan fingerprint density at radius 2 is 2.19 bits per heavy atom.